The van der Waals surface area contributed by atoms with Gasteiger partial charge in [0.2, 0.25) is 0 Å². The lowest BCUT2D eigenvalue weighted by molar-refractivity contribution is -0.132. The van der Waals surface area contributed by atoms with Crippen molar-refractivity contribution in [2.24, 2.45) is 5.92 Å². The predicted molar refractivity (Wildman–Crippen MR) is 80.2 cm³/mol. The quantitative estimate of drug-likeness (QED) is 0.797. The van der Waals surface area contributed by atoms with Crippen LogP contribution in [0.2, 0.25) is 0 Å². The van der Waals surface area contributed by atoms with Gasteiger partial charge in [0.15, 0.2) is 5.78 Å². The first-order valence-electron chi connectivity index (χ1n) is 7.11. The van der Waals surface area contributed by atoms with Crippen LogP contribution >= 0.6 is 15.9 Å². The lowest BCUT2D eigenvalue weighted by atomic mass is 9.82. The fraction of sp³-hybridized carbons (Fsp3) is 0.562. The van der Waals surface area contributed by atoms with Crippen molar-refractivity contribution in [1.29, 1.82) is 0 Å². The molecule has 4 heteroatoms. The first-order valence-corrected chi connectivity index (χ1v) is 7.90. The Morgan fingerprint density at radius 3 is 2.70 bits per heavy atom. The van der Waals surface area contributed by atoms with Gasteiger partial charge in [-0.1, -0.05) is 25.3 Å². The van der Waals surface area contributed by atoms with Crippen molar-refractivity contribution >= 4 is 21.7 Å². The SMILES string of the molecule is COC(C(=O)Cc1ccc(F)c(Br)c1)C1CCCCC1. The van der Waals surface area contributed by atoms with Gasteiger partial charge < -0.3 is 4.74 Å². The Kier molecular flexibility index (Phi) is 5.73. The highest BCUT2D eigenvalue weighted by Crippen LogP contribution is 2.29. The molecule has 0 aliphatic heterocycles. The van der Waals surface area contributed by atoms with Crippen LogP contribution in [0.1, 0.15) is 37.7 Å². The summed E-state index contributed by atoms with van der Waals surface area (Å²) in [5.74, 6) is 0.125. The molecule has 0 spiro atoms. The molecule has 110 valence electrons. The zero-order chi connectivity index (χ0) is 14.5. The Bertz CT molecular complexity index is 470. The van der Waals surface area contributed by atoms with Crippen LogP contribution in [-0.2, 0) is 16.0 Å². The molecule has 1 unspecified atom stereocenters. The van der Waals surface area contributed by atoms with Crippen molar-refractivity contribution in [1.82, 2.24) is 0 Å². The van der Waals surface area contributed by atoms with E-state index in [0.29, 0.717) is 16.8 Å². The highest BCUT2D eigenvalue weighted by Gasteiger charge is 2.29. The smallest absolute Gasteiger partial charge is 0.166 e. The molecule has 0 heterocycles. The molecule has 20 heavy (non-hydrogen) atoms. The van der Waals surface area contributed by atoms with E-state index in [4.69, 9.17) is 4.74 Å². The number of hydrogen-bond donors (Lipinski definition) is 0. The molecule has 0 saturated heterocycles. The Balaban J connectivity index is 2.02. The van der Waals surface area contributed by atoms with Gasteiger partial charge in [0, 0.05) is 13.5 Å². The molecule has 1 atom stereocenters. The molecule has 1 saturated carbocycles. The summed E-state index contributed by atoms with van der Waals surface area (Å²) in [5, 5.41) is 0. The zero-order valence-corrected chi connectivity index (χ0v) is 13.3. The monoisotopic (exact) mass is 342 g/mol. The number of carbonyl (C=O) groups excluding carboxylic acids is 1. The van der Waals surface area contributed by atoms with E-state index in [1.807, 2.05) is 0 Å². The maximum Gasteiger partial charge on any atom is 0.166 e. The topological polar surface area (TPSA) is 26.3 Å². The third-order valence-electron chi connectivity index (χ3n) is 4.01. The number of ketones is 1. The van der Waals surface area contributed by atoms with Gasteiger partial charge in [-0.2, -0.15) is 0 Å². The number of methoxy groups -OCH3 is 1. The van der Waals surface area contributed by atoms with Crippen molar-refractivity contribution in [3.05, 3.63) is 34.1 Å². The first kappa shape index (κ1) is 15.6. The van der Waals surface area contributed by atoms with Gasteiger partial charge >= 0.3 is 0 Å². The normalized spacial score (nSPS) is 17.9. The minimum Gasteiger partial charge on any atom is -0.373 e. The standard InChI is InChI=1S/C16H20BrFO2/c1-20-16(12-5-3-2-4-6-12)15(19)10-11-7-8-14(18)13(17)9-11/h7-9,12,16H,2-6,10H2,1H3. The van der Waals surface area contributed by atoms with Crippen LogP contribution in [0.15, 0.2) is 22.7 Å². The minimum absolute atomic E-state index is 0.0953. The molecule has 2 rings (SSSR count). The van der Waals surface area contributed by atoms with Crippen LogP contribution in [0.5, 0.6) is 0 Å². The van der Waals surface area contributed by atoms with Crippen LogP contribution in [0.4, 0.5) is 4.39 Å². The van der Waals surface area contributed by atoms with E-state index in [0.717, 1.165) is 18.4 Å². The first-order chi connectivity index (χ1) is 9.61. The second-order valence-corrected chi connectivity index (χ2v) is 6.30. The van der Waals surface area contributed by atoms with Crippen LogP contribution in [0.25, 0.3) is 0 Å². The molecular weight excluding hydrogens is 323 g/mol. The molecule has 1 aliphatic carbocycles. The Labute approximate surface area is 127 Å². The molecule has 0 radical (unpaired) electrons. The third-order valence-corrected chi connectivity index (χ3v) is 4.62. The van der Waals surface area contributed by atoms with Crippen molar-refractivity contribution in [3.63, 3.8) is 0 Å². The average molecular weight is 343 g/mol. The van der Waals surface area contributed by atoms with E-state index >= 15 is 0 Å². The van der Waals surface area contributed by atoms with E-state index in [9.17, 15) is 9.18 Å². The van der Waals surface area contributed by atoms with Crippen LogP contribution in [-0.4, -0.2) is 19.0 Å². The van der Waals surface area contributed by atoms with E-state index in [1.54, 1.807) is 19.2 Å². The largest absolute Gasteiger partial charge is 0.373 e. The van der Waals surface area contributed by atoms with Crippen molar-refractivity contribution in [2.75, 3.05) is 7.11 Å². The fourth-order valence-electron chi connectivity index (χ4n) is 2.98. The minimum atomic E-state index is -0.320. The third kappa shape index (κ3) is 3.89. The number of carbonyl (C=O) groups is 1. The molecule has 0 amide bonds. The van der Waals surface area contributed by atoms with Gasteiger partial charge in [-0.05, 0) is 52.4 Å². The zero-order valence-electron chi connectivity index (χ0n) is 11.7. The molecule has 1 aromatic carbocycles. The Morgan fingerprint density at radius 1 is 1.40 bits per heavy atom. The lowest BCUT2D eigenvalue weighted by Crippen LogP contribution is -2.34. The highest BCUT2D eigenvalue weighted by atomic mass is 79.9. The number of benzene rings is 1. The summed E-state index contributed by atoms with van der Waals surface area (Å²) in [6.07, 6.45) is 5.73. The van der Waals surface area contributed by atoms with Gasteiger partial charge in [-0.3, -0.25) is 4.79 Å². The summed E-state index contributed by atoms with van der Waals surface area (Å²) in [6, 6.07) is 4.71. The number of hydrogen-bond acceptors (Lipinski definition) is 2. The Hall–Kier alpha value is -0.740. The van der Waals surface area contributed by atoms with E-state index < -0.39 is 0 Å². The fourth-order valence-corrected chi connectivity index (χ4v) is 3.40. The molecule has 0 N–H and O–H groups in total. The number of halogens is 2. The molecule has 1 aromatic rings. The van der Waals surface area contributed by atoms with Gasteiger partial charge in [0.25, 0.3) is 0 Å². The van der Waals surface area contributed by atoms with E-state index in [1.165, 1.54) is 25.3 Å². The van der Waals surface area contributed by atoms with E-state index in [2.05, 4.69) is 15.9 Å². The van der Waals surface area contributed by atoms with Crippen molar-refractivity contribution in [3.8, 4) is 0 Å². The van der Waals surface area contributed by atoms with Gasteiger partial charge in [0.1, 0.15) is 11.9 Å². The molecule has 0 aromatic heterocycles. The summed E-state index contributed by atoms with van der Waals surface area (Å²) >= 11 is 3.15. The lowest BCUT2D eigenvalue weighted by Gasteiger charge is -2.28. The Morgan fingerprint density at radius 2 is 2.10 bits per heavy atom. The van der Waals surface area contributed by atoms with Crippen LogP contribution < -0.4 is 0 Å². The van der Waals surface area contributed by atoms with Crippen LogP contribution in [0.3, 0.4) is 0 Å². The van der Waals surface area contributed by atoms with Gasteiger partial charge in [0.05, 0.1) is 4.47 Å². The molecule has 2 nitrogen and oxygen atoms in total. The van der Waals surface area contributed by atoms with Crippen molar-refractivity contribution < 1.29 is 13.9 Å². The summed E-state index contributed by atoms with van der Waals surface area (Å²) < 4.78 is 19.0. The average Bonchev–Trinajstić information content (AvgIpc) is 2.45. The predicted octanol–water partition coefficient (Wildman–Crippen LogP) is 4.30. The molecule has 1 fully saturated rings. The maximum atomic E-state index is 13.2. The van der Waals surface area contributed by atoms with Gasteiger partial charge in [-0.25, -0.2) is 4.39 Å². The summed E-state index contributed by atoms with van der Waals surface area (Å²) in [7, 11) is 1.61. The van der Waals surface area contributed by atoms with Crippen molar-refractivity contribution in [2.45, 2.75) is 44.6 Å². The number of ether oxygens (including phenoxy) is 1. The van der Waals surface area contributed by atoms with Crippen LogP contribution in [0, 0.1) is 11.7 Å². The number of rotatable bonds is 5. The summed E-state index contributed by atoms with van der Waals surface area (Å²) in [6.45, 7) is 0. The second-order valence-electron chi connectivity index (χ2n) is 5.45. The summed E-state index contributed by atoms with van der Waals surface area (Å²) in [5.41, 5.74) is 0.820. The molecular formula is C16H20BrFO2. The second kappa shape index (κ2) is 7.32. The number of Topliss-reactive ketones (excluding diaryl/α,β-unsaturated/α-hetero) is 1. The molecule has 1 aliphatic rings. The van der Waals surface area contributed by atoms with E-state index in [-0.39, 0.29) is 17.7 Å². The maximum absolute atomic E-state index is 13.2. The summed E-state index contributed by atoms with van der Waals surface area (Å²) in [4.78, 5) is 12.4. The highest BCUT2D eigenvalue weighted by molar-refractivity contribution is 9.10. The van der Waals surface area contributed by atoms with Gasteiger partial charge in [-0.15, -0.1) is 0 Å². The molecule has 0 bridgehead atoms.